The van der Waals surface area contributed by atoms with E-state index in [1.165, 1.54) is 22.9 Å². The highest BCUT2D eigenvalue weighted by Crippen LogP contribution is 2.70. The monoisotopic (exact) mass is 552 g/mol. The van der Waals surface area contributed by atoms with E-state index >= 15 is 0 Å². The number of thioether (sulfide) groups is 1. The Bertz CT molecular complexity index is 1120. The van der Waals surface area contributed by atoms with Crippen LogP contribution in [-0.4, -0.2) is 19.7 Å². The van der Waals surface area contributed by atoms with Crippen LogP contribution in [0.25, 0.3) is 0 Å². The van der Waals surface area contributed by atoms with Crippen molar-refractivity contribution in [3.8, 4) is 0 Å². The number of nitrogens with zero attached hydrogens (tertiary/aromatic N) is 2. The van der Waals surface area contributed by atoms with Gasteiger partial charge in [0.25, 0.3) is 0 Å². The maximum Gasteiger partial charge on any atom is 0.247 e. The molecule has 0 aromatic heterocycles. The Morgan fingerprint density at radius 3 is 1.45 bits per heavy atom. The molecule has 0 radical (unpaired) electrons. The molecule has 1 unspecified atom stereocenters. The molecule has 0 aliphatic heterocycles. The standard InChI is InChI=1S/C31H40N2O3S2/c1-10-19-29(25(2,3)21-15-11-12-16-22(21)26(29,4)5)37-31(34,32-35)20-30(38-33-36)27(6,7)23-17-13-14-18-24(23)28(30,8)9/h10-18,34H,1,19-20H2,2-9H3. The van der Waals surface area contributed by atoms with Crippen molar-refractivity contribution in [3.63, 3.8) is 0 Å². The predicted molar refractivity (Wildman–Crippen MR) is 162 cm³/mol. The van der Waals surface area contributed by atoms with E-state index in [0.29, 0.717) is 6.42 Å². The quantitative estimate of drug-likeness (QED) is 0.146. The van der Waals surface area contributed by atoms with E-state index in [2.05, 4.69) is 96.0 Å². The first kappa shape index (κ1) is 29.0. The third-order valence-electron chi connectivity index (χ3n) is 10.2. The van der Waals surface area contributed by atoms with Crippen LogP contribution in [0, 0.1) is 9.81 Å². The summed E-state index contributed by atoms with van der Waals surface area (Å²) in [6.07, 6.45) is 2.40. The SMILES string of the molecule is C=CCC1(SC(O)(CC2(SN=O)C(C)(C)c3ccccc3C2(C)C)N=O)C(C)(C)c2ccccc2C1(C)C. The lowest BCUT2D eigenvalue weighted by Crippen LogP contribution is -2.58. The number of hydrogen-bond donors (Lipinski definition) is 1. The van der Waals surface area contributed by atoms with Crippen LogP contribution in [0.2, 0.25) is 0 Å². The Labute approximate surface area is 235 Å². The third-order valence-corrected chi connectivity index (χ3v) is 13.8. The lowest BCUT2D eigenvalue weighted by atomic mass is 9.67. The minimum Gasteiger partial charge on any atom is -0.358 e. The van der Waals surface area contributed by atoms with Gasteiger partial charge in [-0.3, -0.25) is 0 Å². The molecule has 4 rings (SSSR count). The third kappa shape index (κ3) is 3.50. The summed E-state index contributed by atoms with van der Waals surface area (Å²) in [5.41, 5.74) is 2.57. The van der Waals surface area contributed by atoms with E-state index < -0.39 is 36.2 Å². The van der Waals surface area contributed by atoms with E-state index in [4.69, 9.17) is 0 Å². The largest absolute Gasteiger partial charge is 0.358 e. The van der Waals surface area contributed by atoms with Crippen LogP contribution in [-0.2, 0) is 21.7 Å². The van der Waals surface area contributed by atoms with Gasteiger partial charge in [0.1, 0.15) is 0 Å². The van der Waals surface area contributed by atoms with Crippen molar-refractivity contribution in [2.24, 2.45) is 9.76 Å². The van der Waals surface area contributed by atoms with Gasteiger partial charge < -0.3 is 5.11 Å². The fourth-order valence-electron chi connectivity index (χ4n) is 8.05. The van der Waals surface area contributed by atoms with Gasteiger partial charge in [-0.15, -0.1) is 16.4 Å². The predicted octanol–water partition coefficient (Wildman–Crippen LogP) is 8.53. The van der Waals surface area contributed by atoms with Crippen LogP contribution >= 0.6 is 23.7 Å². The van der Waals surface area contributed by atoms with E-state index in [0.717, 1.165) is 23.1 Å². The van der Waals surface area contributed by atoms with Crippen molar-refractivity contribution in [2.45, 2.75) is 104 Å². The fourth-order valence-corrected chi connectivity index (χ4v) is 11.0. The molecular weight excluding hydrogens is 512 g/mol. The van der Waals surface area contributed by atoms with Gasteiger partial charge in [-0.1, -0.05) is 122 Å². The molecule has 2 aliphatic carbocycles. The molecule has 2 aromatic carbocycles. The first-order valence-electron chi connectivity index (χ1n) is 13.1. The summed E-state index contributed by atoms with van der Waals surface area (Å²) in [5, 5.41) is 13.7. The lowest BCUT2D eigenvalue weighted by Gasteiger charge is -2.54. The van der Waals surface area contributed by atoms with Crippen LogP contribution in [0.4, 0.5) is 0 Å². The number of allylic oxidation sites excluding steroid dienone is 1. The molecule has 0 amide bonds. The average Bonchev–Trinajstić information content (AvgIpc) is 3.07. The first-order chi connectivity index (χ1) is 17.6. The molecule has 2 aliphatic rings. The van der Waals surface area contributed by atoms with E-state index in [1.54, 1.807) is 0 Å². The average molecular weight is 553 g/mol. The fraction of sp³-hybridized carbons (Fsp3) is 0.548. The molecule has 38 heavy (non-hydrogen) atoms. The van der Waals surface area contributed by atoms with E-state index in [9.17, 15) is 14.9 Å². The van der Waals surface area contributed by atoms with Gasteiger partial charge in [-0.05, 0) is 33.9 Å². The maximum atomic E-state index is 12.8. The van der Waals surface area contributed by atoms with Gasteiger partial charge in [0.2, 0.25) is 5.06 Å². The van der Waals surface area contributed by atoms with Crippen molar-refractivity contribution >= 4 is 23.7 Å². The smallest absolute Gasteiger partial charge is 0.247 e. The lowest BCUT2D eigenvalue weighted by molar-refractivity contribution is 0.0879. The molecule has 0 saturated carbocycles. The van der Waals surface area contributed by atoms with Crippen LogP contribution in [0.15, 0.2) is 70.9 Å². The molecule has 7 heteroatoms. The van der Waals surface area contributed by atoms with E-state index in [1.807, 2.05) is 30.3 Å². The van der Waals surface area contributed by atoms with Gasteiger partial charge in [0.15, 0.2) is 0 Å². The van der Waals surface area contributed by atoms with Crippen molar-refractivity contribution in [3.05, 3.63) is 93.3 Å². The summed E-state index contributed by atoms with van der Waals surface area (Å²) in [7, 11) is 0. The second-order valence-electron chi connectivity index (χ2n) is 13.0. The van der Waals surface area contributed by atoms with E-state index in [-0.39, 0.29) is 6.42 Å². The maximum absolute atomic E-state index is 12.8. The zero-order valence-electron chi connectivity index (χ0n) is 23.8. The molecular formula is C31H40N2O3S2. The summed E-state index contributed by atoms with van der Waals surface area (Å²) in [4.78, 5) is 24.9. The van der Waals surface area contributed by atoms with Crippen LogP contribution in [0.5, 0.6) is 0 Å². The van der Waals surface area contributed by atoms with Crippen LogP contribution in [0.1, 0.15) is 90.5 Å². The second-order valence-corrected chi connectivity index (χ2v) is 15.6. The van der Waals surface area contributed by atoms with Crippen molar-refractivity contribution in [1.82, 2.24) is 0 Å². The van der Waals surface area contributed by atoms with Gasteiger partial charge in [-0.2, -0.15) is 0 Å². The van der Waals surface area contributed by atoms with Crippen molar-refractivity contribution in [1.29, 1.82) is 0 Å². The number of hydrogen-bond acceptors (Lipinski definition) is 7. The van der Waals surface area contributed by atoms with Gasteiger partial charge in [0.05, 0.1) is 4.75 Å². The molecule has 1 atom stereocenters. The Kier molecular flexibility index (Phi) is 6.90. The molecule has 2 aromatic rings. The zero-order valence-corrected chi connectivity index (χ0v) is 25.4. The highest BCUT2D eigenvalue weighted by molar-refractivity contribution is 8.02. The van der Waals surface area contributed by atoms with Gasteiger partial charge >= 0.3 is 0 Å². The number of rotatable bonds is 9. The molecule has 0 fully saturated rings. The minimum absolute atomic E-state index is 0.0410. The molecule has 0 bridgehead atoms. The molecule has 204 valence electrons. The number of benzene rings is 2. The van der Waals surface area contributed by atoms with Crippen molar-refractivity contribution in [2.75, 3.05) is 0 Å². The summed E-state index contributed by atoms with van der Waals surface area (Å²) < 4.78 is 1.77. The van der Waals surface area contributed by atoms with Crippen LogP contribution < -0.4 is 0 Å². The summed E-state index contributed by atoms with van der Waals surface area (Å²) in [5.74, 6) is 0. The molecule has 1 N–H and O–H groups in total. The minimum atomic E-state index is -2.03. The van der Waals surface area contributed by atoms with Gasteiger partial charge in [-0.25, -0.2) is 0 Å². The van der Waals surface area contributed by atoms with Crippen LogP contribution in [0.3, 0.4) is 0 Å². The normalized spacial score (nSPS) is 24.0. The number of fused-ring (bicyclic) bond motifs is 2. The summed E-state index contributed by atoms with van der Waals surface area (Å²) >= 11 is 2.17. The molecule has 5 nitrogen and oxygen atoms in total. The summed E-state index contributed by atoms with van der Waals surface area (Å²) in [6.45, 7) is 21.1. The molecule has 0 heterocycles. The molecule has 0 spiro atoms. The zero-order chi connectivity index (χ0) is 28.4. The Hall–Kier alpha value is -1.96. The Morgan fingerprint density at radius 1 is 0.763 bits per heavy atom. The molecule has 0 saturated heterocycles. The topological polar surface area (TPSA) is 79.1 Å². The highest BCUT2D eigenvalue weighted by Gasteiger charge is 2.69. The first-order valence-corrected chi connectivity index (χ1v) is 14.7. The Morgan fingerprint density at radius 2 is 1.13 bits per heavy atom. The summed E-state index contributed by atoms with van der Waals surface area (Å²) in [6, 6.07) is 16.5. The van der Waals surface area contributed by atoms with Crippen molar-refractivity contribution < 1.29 is 5.11 Å². The Balaban J connectivity index is 1.90. The number of aliphatic hydroxyl groups is 1. The van der Waals surface area contributed by atoms with Gasteiger partial charge in [0, 0.05) is 49.4 Å². The highest BCUT2D eigenvalue weighted by atomic mass is 32.2. The number of nitroso groups, excluding NO2 is 2. The second kappa shape index (κ2) is 9.03.